The van der Waals surface area contributed by atoms with Crippen molar-refractivity contribution in [3.8, 4) is 11.5 Å². The van der Waals surface area contributed by atoms with Gasteiger partial charge in [0.05, 0.1) is 54.8 Å². The van der Waals surface area contributed by atoms with Crippen LogP contribution in [0.3, 0.4) is 0 Å². The second-order valence-electron chi connectivity index (χ2n) is 14.6. The van der Waals surface area contributed by atoms with Gasteiger partial charge in [0.15, 0.2) is 17.0 Å². The summed E-state index contributed by atoms with van der Waals surface area (Å²) in [5.41, 5.74) is -9.96. The molecule has 2 aromatic rings. The van der Waals surface area contributed by atoms with Crippen molar-refractivity contribution in [3.63, 3.8) is 0 Å². The van der Waals surface area contributed by atoms with E-state index in [1.54, 1.807) is 6.92 Å². The number of hydrogen-bond acceptors (Lipinski definition) is 18. The van der Waals surface area contributed by atoms with E-state index in [4.69, 9.17) is 28.4 Å². The van der Waals surface area contributed by atoms with Crippen LogP contribution in [0, 0.1) is 12.8 Å². The normalized spacial score (nSPS) is 28.7. The monoisotopic (exact) mass is 812 g/mol. The zero-order valence-corrected chi connectivity index (χ0v) is 32.6. The lowest BCUT2D eigenvalue weighted by molar-refractivity contribution is -0.214. The number of aryl methyl sites for hydroxylation is 1. The zero-order valence-electron chi connectivity index (χ0n) is 32.6. The molecular formula is C39H44N2O17. The maximum atomic E-state index is 15.0. The number of Topliss-reactive ketones (excluding diaryl/α,β-unsaturated/α-hetero) is 3. The summed E-state index contributed by atoms with van der Waals surface area (Å²) in [7, 11) is 6.22. The number of ketones is 4. The molecule has 0 aromatic heterocycles. The van der Waals surface area contributed by atoms with Gasteiger partial charge >= 0.3 is 12.1 Å². The molecule has 4 aliphatic rings. The number of aromatic hydroxyl groups is 1. The maximum absolute atomic E-state index is 15.0. The number of carbonyl (C=O) groups is 6. The lowest BCUT2D eigenvalue weighted by Crippen LogP contribution is -2.73. The Morgan fingerprint density at radius 3 is 2.31 bits per heavy atom. The minimum atomic E-state index is -3.25. The number of phenols is 1. The van der Waals surface area contributed by atoms with E-state index in [-0.39, 0.29) is 23.3 Å². The van der Waals surface area contributed by atoms with Crippen molar-refractivity contribution in [2.75, 3.05) is 55.2 Å². The Morgan fingerprint density at radius 2 is 1.71 bits per heavy atom. The van der Waals surface area contributed by atoms with Gasteiger partial charge in [0.2, 0.25) is 17.3 Å². The molecule has 1 fully saturated rings. The molecule has 0 saturated carbocycles. The molecule has 8 atom stereocenters. The van der Waals surface area contributed by atoms with Crippen LogP contribution in [0.15, 0.2) is 23.9 Å². The number of fused-ring (bicyclic) bond motifs is 5. The number of nitrogens with one attached hydrogen (secondary N) is 1. The molecule has 1 saturated heterocycles. The van der Waals surface area contributed by atoms with Crippen molar-refractivity contribution in [2.45, 2.75) is 62.1 Å². The van der Waals surface area contributed by atoms with Gasteiger partial charge in [-0.25, -0.2) is 9.59 Å². The third kappa shape index (κ3) is 6.07. The number of rotatable bonds is 10. The molecule has 1 aliphatic heterocycles. The van der Waals surface area contributed by atoms with E-state index in [1.165, 1.54) is 34.2 Å². The first-order valence-corrected chi connectivity index (χ1v) is 18.1. The lowest BCUT2D eigenvalue weighted by Gasteiger charge is -2.53. The first kappa shape index (κ1) is 42.3. The molecule has 1 heterocycles. The van der Waals surface area contributed by atoms with Gasteiger partial charge in [0, 0.05) is 57.5 Å². The summed E-state index contributed by atoms with van der Waals surface area (Å²) in [6, 6.07) is 2.22. The van der Waals surface area contributed by atoms with E-state index in [1.807, 2.05) is 0 Å². The van der Waals surface area contributed by atoms with Crippen LogP contribution in [0.5, 0.6) is 11.5 Å². The van der Waals surface area contributed by atoms with Crippen molar-refractivity contribution >= 4 is 35.2 Å². The number of esters is 1. The number of allylic oxidation sites excluding steroid dienone is 2. The number of methoxy groups -OCH3 is 3. The van der Waals surface area contributed by atoms with Gasteiger partial charge in [-0.3, -0.25) is 19.2 Å². The van der Waals surface area contributed by atoms with E-state index in [0.29, 0.717) is 0 Å². The van der Waals surface area contributed by atoms with Crippen LogP contribution < -0.4 is 10.1 Å². The Bertz CT molecular complexity index is 2150. The summed E-state index contributed by atoms with van der Waals surface area (Å²) >= 11 is 0. The summed E-state index contributed by atoms with van der Waals surface area (Å²) in [5, 5.41) is 60.0. The molecule has 312 valence electrons. The van der Waals surface area contributed by atoms with Crippen LogP contribution in [0.4, 0.5) is 4.79 Å². The highest BCUT2D eigenvalue weighted by Gasteiger charge is 2.73. The molecule has 0 radical (unpaired) electrons. The highest BCUT2D eigenvalue weighted by molar-refractivity contribution is 6.31. The van der Waals surface area contributed by atoms with Crippen LogP contribution in [0.1, 0.15) is 75.4 Å². The predicted molar refractivity (Wildman–Crippen MR) is 195 cm³/mol. The zero-order chi connectivity index (χ0) is 42.8. The lowest BCUT2D eigenvalue weighted by atomic mass is 9.56. The van der Waals surface area contributed by atoms with Gasteiger partial charge < -0.3 is 64.2 Å². The first-order valence-electron chi connectivity index (χ1n) is 18.1. The highest BCUT2D eigenvalue weighted by Crippen LogP contribution is 2.57. The van der Waals surface area contributed by atoms with Crippen molar-refractivity contribution in [2.24, 2.45) is 5.92 Å². The van der Waals surface area contributed by atoms with E-state index in [2.05, 4.69) is 5.32 Å². The molecule has 1 unspecified atom stereocenters. The van der Waals surface area contributed by atoms with Gasteiger partial charge in [-0.05, 0) is 31.0 Å². The molecular weight excluding hydrogens is 768 g/mol. The summed E-state index contributed by atoms with van der Waals surface area (Å²) in [5.74, 6) is -8.33. The number of phenolic OH excluding ortho intramolecular Hbond substituents is 1. The number of aliphatic hydroxyl groups is 4. The van der Waals surface area contributed by atoms with Crippen LogP contribution in [0.25, 0.3) is 0 Å². The van der Waals surface area contributed by atoms with Crippen molar-refractivity contribution in [3.05, 3.63) is 68.4 Å². The molecule has 2 aromatic carbocycles. The summed E-state index contributed by atoms with van der Waals surface area (Å²) < 4.78 is 32.9. The largest absolute Gasteiger partial charge is 0.506 e. The molecule has 6 N–H and O–H groups in total. The number of hydrogen-bond donors (Lipinski definition) is 6. The average Bonchev–Trinajstić information content (AvgIpc) is 3.16. The number of ether oxygens (including phenoxy) is 6. The Balaban J connectivity index is 1.51. The Kier molecular flexibility index (Phi) is 11.3. The van der Waals surface area contributed by atoms with Crippen LogP contribution in [-0.4, -0.2) is 157 Å². The molecule has 3 aliphatic carbocycles. The number of benzene rings is 2. The third-order valence-electron chi connectivity index (χ3n) is 11.2. The first-order chi connectivity index (χ1) is 27.4. The number of amides is 1. The molecule has 19 nitrogen and oxygen atoms in total. The molecule has 1 amide bonds. The topological polar surface area (TPSA) is 274 Å². The minimum Gasteiger partial charge on any atom is -0.506 e. The third-order valence-corrected chi connectivity index (χ3v) is 11.2. The van der Waals surface area contributed by atoms with Gasteiger partial charge in [-0.15, -0.1) is 0 Å². The highest BCUT2D eigenvalue weighted by atomic mass is 16.6. The number of carbonyl (C=O) groups excluding carboxylic acids is 6. The quantitative estimate of drug-likeness (QED) is 0.133. The summed E-state index contributed by atoms with van der Waals surface area (Å²) in [6.07, 6.45) is -6.47. The second kappa shape index (κ2) is 15.5. The molecule has 0 bridgehead atoms. The van der Waals surface area contributed by atoms with Crippen molar-refractivity contribution in [1.29, 1.82) is 0 Å². The van der Waals surface area contributed by atoms with Crippen LogP contribution in [0.2, 0.25) is 0 Å². The van der Waals surface area contributed by atoms with Gasteiger partial charge in [-0.2, -0.15) is 0 Å². The predicted octanol–water partition coefficient (Wildman–Crippen LogP) is -0.285. The standard InChI is InChI=1S/C39H44N2O17/c1-15-10-17-11-23(44)39(55-7)34(49)26-19(33(48)38(39,52)27(17)32(24(15)36(50)54-6)56-8-9-57-37(51)41(3)4)12-18-25(30(26)47)22(43)13-21(28(18)45)40-35-20(14-42)29(46)31(53-5)16(2)58-35/h10,12-13,16,20,23,29,31,35,40,42,44,46-47,52H,8-9,11,14H2,1-7H3/t16-,20+,23+,29-,31-,35?,38-,39+/m0/s1. The SMILES string of the molecule is COC(=O)c1c(C)cc2c(c1OCCOC(=O)N(C)C)[C@]1(O)C(=O)c3cc4c(c(O)c3C(=O)[C@]1(OC)[C@H](O)C2)C(=O)C=C(NC1O[C@@H](C)[C@H](OC)[C@@H](O)[C@H]1CO)C4=O. The molecule has 0 spiro atoms. The number of aliphatic hydroxyl groups excluding tert-OH is 3. The molecule has 6 rings (SSSR count). The Labute approximate surface area is 331 Å². The van der Waals surface area contributed by atoms with Crippen LogP contribution >= 0.6 is 0 Å². The van der Waals surface area contributed by atoms with Crippen molar-refractivity contribution in [1.82, 2.24) is 10.2 Å². The second-order valence-corrected chi connectivity index (χ2v) is 14.6. The van der Waals surface area contributed by atoms with Gasteiger partial charge in [0.25, 0.3) is 0 Å². The fraction of sp³-hybridized carbons (Fsp3) is 0.487. The molecule has 58 heavy (non-hydrogen) atoms. The van der Waals surface area contributed by atoms with Crippen LogP contribution in [-0.2, 0) is 35.7 Å². The molecule has 19 heteroatoms. The van der Waals surface area contributed by atoms with E-state index < -0.39 is 148 Å². The van der Waals surface area contributed by atoms with E-state index in [0.717, 1.165) is 31.3 Å². The fourth-order valence-corrected chi connectivity index (χ4v) is 8.42. The summed E-state index contributed by atoms with van der Waals surface area (Å²) in [4.78, 5) is 84.1. The van der Waals surface area contributed by atoms with Crippen molar-refractivity contribution < 1.29 is 82.7 Å². The van der Waals surface area contributed by atoms with Gasteiger partial charge in [0.1, 0.15) is 42.6 Å². The smallest absolute Gasteiger partial charge is 0.409 e. The fourth-order valence-electron chi connectivity index (χ4n) is 8.42. The Hall–Kier alpha value is -5.28. The number of nitrogens with zero attached hydrogens (tertiary/aromatic N) is 1. The summed E-state index contributed by atoms with van der Waals surface area (Å²) in [6.45, 7) is 1.62. The Morgan fingerprint density at radius 1 is 1.02 bits per heavy atom. The average molecular weight is 813 g/mol. The van der Waals surface area contributed by atoms with Gasteiger partial charge in [-0.1, -0.05) is 6.07 Å². The van der Waals surface area contributed by atoms with E-state index >= 15 is 4.79 Å². The maximum Gasteiger partial charge on any atom is 0.409 e. The minimum absolute atomic E-state index is 0.0404. The van der Waals surface area contributed by atoms with E-state index in [9.17, 15) is 49.5 Å².